The highest BCUT2D eigenvalue weighted by atomic mass is 32.2. The lowest BCUT2D eigenvalue weighted by molar-refractivity contribution is -0.113. The Hall–Kier alpha value is -3.88. The molecule has 3 aromatic rings. The molecule has 41 heavy (non-hydrogen) atoms. The second-order valence-corrected chi connectivity index (χ2v) is 12.0. The van der Waals surface area contributed by atoms with Crippen LogP contribution in [-0.2, 0) is 18.4 Å². The van der Waals surface area contributed by atoms with Crippen molar-refractivity contribution in [3.05, 3.63) is 78.3 Å². The number of aromatic nitrogens is 3. The van der Waals surface area contributed by atoms with E-state index in [4.69, 9.17) is 12.2 Å². The predicted molar refractivity (Wildman–Crippen MR) is 168 cm³/mol. The highest BCUT2D eigenvalue weighted by Crippen LogP contribution is 2.39. The number of piperidine rings is 1. The average molecular weight is 589 g/mol. The molecule has 0 radical (unpaired) electrons. The summed E-state index contributed by atoms with van der Waals surface area (Å²) in [5.41, 5.74) is 2.13. The topological polar surface area (TPSA) is 96.3 Å². The van der Waals surface area contributed by atoms with Gasteiger partial charge in [-0.25, -0.2) is 4.68 Å². The van der Waals surface area contributed by atoms with Crippen LogP contribution in [0.1, 0.15) is 55.0 Å². The molecule has 1 amide bonds. The van der Waals surface area contributed by atoms with Gasteiger partial charge in [0.2, 0.25) is 0 Å². The molecule has 1 aromatic carbocycles. The first-order valence-corrected chi connectivity index (χ1v) is 15.0. The molecule has 5 rings (SSSR count). The van der Waals surface area contributed by atoms with E-state index in [1.807, 2.05) is 37.3 Å². The van der Waals surface area contributed by atoms with Gasteiger partial charge in [0.05, 0.1) is 16.3 Å². The Labute approximate surface area is 248 Å². The van der Waals surface area contributed by atoms with E-state index in [0.717, 1.165) is 56.4 Å². The number of carbonyl (C=O) groups excluding carboxylic acids is 1. The normalized spacial score (nSPS) is 16.6. The molecular formula is C30H32N6O3S2. The van der Waals surface area contributed by atoms with Crippen LogP contribution < -0.4 is 20.9 Å². The Morgan fingerprint density at radius 1 is 1.05 bits per heavy atom. The molecule has 4 heterocycles. The van der Waals surface area contributed by atoms with E-state index < -0.39 is 5.91 Å². The third kappa shape index (κ3) is 4.85. The maximum Gasteiger partial charge on any atom is 0.296 e. The van der Waals surface area contributed by atoms with Crippen molar-refractivity contribution in [1.82, 2.24) is 13.9 Å². The van der Waals surface area contributed by atoms with Crippen LogP contribution in [0.25, 0.3) is 11.8 Å². The molecule has 9 nitrogen and oxygen atoms in total. The Bertz CT molecular complexity index is 1740. The minimum atomic E-state index is -0.401. The number of carbonyl (C=O) groups is 1. The number of thioether (sulfide) groups is 1. The van der Waals surface area contributed by atoms with Crippen molar-refractivity contribution in [2.45, 2.75) is 53.0 Å². The summed E-state index contributed by atoms with van der Waals surface area (Å²) in [7, 11) is 1.77. The van der Waals surface area contributed by atoms with Crippen LogP contribution in [0.3, 0.4) is 0 Å². The largest absolute Gasteiger partial charge is 0.357 e. The van der Waals surface area contributed by atoms with Crippen molar-refractivity contribution in [2.75, 3.05) is 22.9 Å². The van der Waals surface area contributed by atoms with E-state index in [9.17, 15) is 19.6 Å². The number of hydrogen-bond acceptors (Lipinski definition) is 7. The number of anilines is 2. The van der Waals surface area contributed by atoms with Crippen LogP contribution in [0, 0.1) is 25.2 Å². The molecule has 2 aliphatic rings. The maximum absolute atomic E-state index is 14.0. The lowest BCUT2D eigenvalue weighted by Gasteiger charge is -2.33. The van der Waals surface area contributed by atoms with Gasteiger partial charge in [-0.3, -0.25) is 28.5 Å². The van der Waals surface area contributed by atoms with Gasteiger partial charge in [0.15, 0.2) is 4.32 Å². The summed E-state index contributed by atoms with van der Waals surface area (Å²) in [6.45, 7) is 7.58. The van der Waals surface area contributed by atoms with Crippen molar-refractivity contribution < 1.29 is 4.79 Å². The van der Waals surface area contributed by atoms with Crippen molar-refractivity contribution >= 4 is 51.8 Å². The van der Waals surface area contributed by atoms with Gasteiger partial charge >= 0.3 is 0 Å². The summed E-state index contributed by atoms with van der Waals surface area (Å²) in [5, 5.41) is 9.91. The number of nitrogens with zero attached hydrogens (tertiary/aromatic N) is 6. The van der Waals surface area contributed by atoms with Gasteiger partial charge in [0.1, 0.15) is 23.1 Å². The summed E-state index contributed by atoms with van der Waals surface area (Å²) >= 11 is 6.78. The molecular weight excluding hydrogens is 557 g/mol. The maximum atomic E-state index is 14.0. The van der Waals surface area contributed by atoms with Crippen LogP contribution in [-0.4, -0.2) is 37.2 Å². The standard InChI is InChI=1S/C30H32N6O3S2/c1-5-14-34-26(33-15-10-7-11-16-33)22(19(2)23(18-31)27(34)37)17-24-28(38)35(30(40)41-24)25-20(3)32(4)36(29(25)39)21-12-8-6-9-13-21/h6,8-9,12-13,17H,5,7,10-11,14-16H2,1-4H3/b24-17-. The van der Waals surface area contributed by atoms with E-state index in [1.54, 1.807) is 36.2 Å². The summed E-state index contributed by atoms with van der Waals surface area (Å²) < 4.78 is 5.18. The number of amides is 1. The Balaban J connectivity index is 1.66. The Morgan fingerprint density at radius 3 is 2.37 bits per heavy atom. The van der Waals surface area contributed by atoms with Crippen molar-refractivity contribution in [1.29, 1.82) is 5.26 Å². The van der Waals surface area contributed by atoms with Crippen LogP contribution in [0.15, 0.2) is 44.8 Å². The first kappa shape index (κ1) is 28.6. The van der Waals surface area contributed by atoms with Crippen molar-refractivity contribution in [3.63, 3.8) is 0 Å². The molecule has 0 N–H and O–H groups in total. The predicted octanol–water partition coefficient (Wildman–Crippen LogP) is 4.63. The molecule has 212 valence electrons. The summed E-state index contributed by atoms with van der Waals surface area (Å²) in [6, 6.07) is 11.3. The monoisotopic (exact) mass is 588 g/mol. The fraction of sp³-hybridized carbons (Fsp3) is 0.367. The Kier molecular flexibility index (Phi) is 8.07. The minimum absolute atomic E-state index is 0.0746. The molecule has 0 saturated carbocycles. The van der Waals surface area contributed by atoms with Gasteiger partial charge in [-0.05, 0) is 63.3 Å². The Morgan fingerprint density at radius 2 is 1.73 bits per heavy atom. The second kappa shape index (κ2) is 11.5. The third-order valence-electron chi connectivity index (χ3n) is 7.77. The number of hydrogen-bond donors (Lipinski definition) is 0. The van der Waals surface area contributed by atoms with Crippen LogP contribution in [0.5, 0.6) is 0 Å². The molecule has 0 aliphatic carbocycles. The molecule has 2 saturated heterocycles. The molecule has 11 heteroatoms. The highest BCUT2D eigenvalue weighted by molar-refractivity contribution is 8.27. The van der Waals surface area contributed by atoms with Crippen molar-refractivity contribution in [3.8, 4) is 11.8 Å². The zero-order chi connectivity index (χ0) is 29.4. The second-order valence-electron chi connectivity index (χ2n) is 10.3. The first-order valence-electron chi connectivity index (χ1n) is 13.8. The van der Waals surface area contributed by atoms with Gasteiger partial charge in [0, 0.05) is 32.2 Å². The highest BCUT2D eigenvalue weighted by Gasteiger charge is 2.38. The molecule has 0 spiro atoms. The summed E-state index contributed by atoms with van der Waals surface area (Å²) in [5.74, 6) is 0.336. The van der Waals surface area contributed by atoms with E-state index in [2.05, 4.69) is 11.0 Å². The molecule has 0 unspecified atom stereocenters. The summed E-state index contributed by atoms with van der Waals surface area (Å²) in [6.07, 6.45) is 5.59. The minimum Gasteiger partial charge on any atom is -0.357 e. The van der Waals surface area contributed by atoms with Crippen molar-refractivity contribution in [2.24, 2.45) is 7.05 Å². The van der Waals surface area contributed by atoms with E-state index in [0.29, 0.717) is 34.0 Å². The smallest absolute Gasteiger partial charge is 0.296 e. The van der Waals surface area contributed by atoms with Gasteiger partial charge in [-0.15, -0.1) is 0 Å². The molecule has 0 atom stereocenters. The molecule has 2 fully saturated rings. The van der Waals surface area contributed by atoms with Gasteiger partial charge < -0.3 is 4.90 Å². The van der Waals surface area contributed by atoms with E-state index in [-0.39, 0.29) is 26.7 Å². The molecule has 2 aliphatic heterocycles. The number of pyridine rings is 1. The van der Waals surface area contributed by atoms with Gasteiger partial charge in [-0.1, -0.05) is 49.1 Å². The fourth-order valence-electron chi connectivity index (χ4n) is 5.62. The molecule has 0 bridgehead atoms. The summed E-state index contributed by atoms with van der Waals surface area (Å²) in [4.78, 5) is 44.9. The number of benzene rings is 1. The number of nitriles is 1. The molecule has 2 aromatic heterocycles. The van der Waals surface area contributed by atoms with Gasteiger partial charge in [-0.2, -0.15) is 5.26 Å². The zero-order valence-electron chi connectivity index (χ0n) is 23.6. The first-order chi connectivity index (χ1) is 19.7. The number of rotatable bonds is 6. The fourth-order valence-corrected chi connectivity index (χ4v) is 6.88. The quantitative estimate of drug-likeness (QED) is 0.306. The zero-order valence-corrected chi connectivity index (χ0v) is 25.3. The van der Waals surface area contributed by atoms with E-state index >= 15 is 0 Å². The SMILES string of the molecule is CCCn1c(N2CCCCC2)c(/C=C2\SC(=S)N(c3c(C)n(C)n(-c4ccccc4)c3=O)C2=O)c(C)c(C#N)c1=O. The van der Waals surface area contributed by atoms with Crippen LogP contribution >= 0.6 is 24.0 Å². The van der Waals surface area contributed by atoms with Crippen LogP contribution in [0.4, 0.5) is 11.5 Å². The lowest BCUT2D eigenvalue weighted by Crippen LogP contribution is -2.37. The number of para-hydroxylation sites is 1. The number of thiocarbonyl (C=S) groups is 1. The van der Waals surface area contributed by atoms with E-state index in [1.165, 1.54) is 9.58 Å². The van der Waals surface area contributed by atoms with Gasteiger partial charge in [0.25, 0.3) is 17.0 Å². The lowest BCUT2D eigenvalue weighted by atomic mass is 10.0. The average Bonchev–Trinajstić information content (AvgIpc) is 3.36. The van der Waals surface area contributed by atoms with Crippen LogP contribution in [0.2, 0.25) is 0 Å². The third-order valence-corrected chi connectivity index (χ3v) is 9.07.